The number of amides is 1. The van der Waals surface area contributed by atoms with Crippen LogP contribution in [0.3, 0.4) is 0 Å². The lowest BCUT2D eigenvalue weighted by Crippen LogP contribution is -2.17. The second kappa shape index (κ2) is 9.09. The van der Waals surface area contributed by atoms with E-state index in [2.05, 4.69) is 10.0 Å². The first-order valence-corrected chi connectivity index (χ1v) is 11.0. The molecule has 0 radical (unpaired) electrons. The number of benzene rings is 3. The molecule has 0 saturated heterocycles. The molecule has 3 rings (SSSR count). The van der Waals surface area contributed by atoms with Crippen molar-refractivity contribution in [3.63, 3.8) is 0 Å². The van der Waals surface area contributed by atoms with Gasteiger partial charge in [0.15, 0.2) is 0 Å². The lowest BCUT2D eigenvalue weighted by Gasteiger charge is -2.14. The summed E-state index contributed by atoms with van der Waals surface area (Å²) in [6.45, 7) is 3.60. The van der Waals surface area contributed by atoms with Gasteiger partial charge in [0.25, 0.3) is 15.9 Å². The van der Waals surface area contributed by atoms with Gasteiger partial charge in [0, 0.05) is 17.3 Å². The summed E-state index contributed by atoms with van der Waals surface area (Å²) in [7, 11) is -0.861. The van der Waals surface area contributed by atoms with Crippen molar-refractivity contribution >= 4 is 27.3 Å². The van der Waals surface area contributed by atoms with Crippen molar-refractivity contribution in [2.24, 2.45) is 0 Å². The van der Waals surface area contributed by atoms with Crippen LogP contribution in [-0.4, -0.2) is 28.5 Å². The second-order valence-corrected chi connectivity index (χ2v) is 8.62. The molecule has 8 heteroatoms. The maximum absolute atomic E-state index is 12.9. The minimum absolute atomic E-state index is 0.0300. The third kappa shape index (κ3) is 5.16. The first-order valence-electron chi connectivity index (χ1n) is 9.47. The van der Waals surface area contributed by atoms with E-state index in [1.807, 2.05) is 19.1 Å². The fraction of sp³-hybridized carbons (Fsp3) is 0.174. The highest BCUT2D eigenvalue weighted by Gasteiger charge is 2.20. The molecule has 2 N–H and O–H groups in total. The van der Waals surface area contributed by atoms with Crippen LogP contribution in [0.5, 0.6) is 11.5 Å². The van der Waals surface area contributed by atoms with E-state index in [0.717, 1.165) is 5.56 Å². The van der Waals surface area contributed by atoms with Crippen molar-refractivity contribution in [3.8, 4) is 11.5 Å². The van der Waals surface area contributed by atoms with Gasteiger partial charge in [-0.2, -0.15) is 0 Å². The van der Waals surface area contributed by atoms with Gasteiger partial charge in [-0.25, -0.2) is 8.42 Å². The van der Waals surface area contributed by atoms with Crippen LogP contribution in [0.1, 0.15) is 21.5 Å². The molecule has 1 amide bonds. The minimum atomic E-state index is -3.88. The van der Waals surface area contributed by atoms with Crippen LogP contribution in [0.15, 0.2) is 65.6 Å². The van der Waals surface area contributed by atoms with Crippen LogP contribution in [0.25, 0.3) is 0 Å². The highest BCUT2D eigenvalue weighted by atomic mass is 32.2. The van der Waals surface area contributed by atoms with Gasteiger partial charge in [0.2, 0.25) is 0 Å². The molecule has 0 aromatic heterocycles. The Kier molecular flexibility index (Phi) is 6.50. The number of ether oxygens (including phenoxy) is 2. The Balaban J connectivity index is 1.88. The van der Waals surface area contributed by atoms with Gasteiger partial charge < -0.3 is 14.8 Å². The van der Waals surface area contributed by atoms with Crippen LogP contribution in [0.2, 0.25) is 0 Å². The average molecular weight is 441 g/mol. The number of hydrogen-bond donors (Lipinski definition) is 2. The highest BCUT2D eigenvalue weighted by Crippen LogP contribution is 2.30. The van der Waals surface area contributed by atoms with Crippen LogP contribution >= 0.6 is 0 Å². The molecule has 0 aliphatic rings. The van der Waals surface area contributed by atoms with Crippen molar-refractivity contribution < 1.29 is 22.7 Å². The van der Waals surface area contributed by atoms with E-state index in [4.69, 9.17) is 9.47 Å². The van der Waals surface area contributed by atoms with E-state index in [-0.39, 0.29) is 10.5 Å². The Morgan fingerprint density at radius 1 is 0.871 bits per heavy atom. The topological polar surface area (TPSA) is 93.7 Å². The minimum Gasteiger partial charge on any atom is -0.497 e. The molecule has 7 nitrogen and oxygen atoms in total. The zero-order chi connectivity index (χ0) is 22.6. The summed E-state index contributed by atoms with van der Waals surface area (Å²) in [5, 5.41) is 2.75. The van der Waals surface area contributed by atoms with E-state index < -0.39 is 15.9 Å². The SMILES string of the molecule is COc1ccc(NC(=O)c2ccc(C)c(S(=O)(=O)Nc3ccc(C)cc3)c2)c(OC)c1. The number of anilines is 2. The van der Waals surface area contributed by atoms with E-state index in [9.17, 15) is 13.2 Å². The number of carbonyl (C=O) groups excluding carboxylic acids is 1. The van der Waals surface area contributed by atoms with E-state index in [0.29, 0.717) is 28.4 Å². The van der Waals surface area contributed by atoms with Gasteiger partial charge in [-0.05, 0) is 55.8 Å². The molecular formula is C23H24N2O5S. The number of nitrogens with one attached hydrogen (secondary N) is 2. The van der Waals surface area contributed by atoms with Crippen LogP contribution in [0, 0.1) is 13.8 Å². The number of methoxy groups -OCH3 is 2. The lowest BCUT2D eigenvalue weighted by atomic mass is 10.1. The van der Waals surface area contributed by atoms with E-state index >= 15 is 0 Å². The van der Waals surface area contributed by atoms with Crippen molar-refractivity contribution in [2.75, 3.05) is 24.3 Å². The standard InChI is InChI=1S/C23H24N2O5S/c1-15-5-9-18(10-6-15)25-31(27,28)22-13-17(8-7-16(22)2)23(26)24-20-12-11-19(29-3)14-21(20)30-4/h5-14,25H,1-4H3,(H,24,26). The Hall–Kier alpha value is -3.52. The van der Waals surface area contributed by atoms with Gasteiger partial charge in [0.05, 0.1) is 24.8 Å². The first kappa shape index (κ1) is 22.2. The zero-order valence-corrected chi connectivity index (χ0v) is 18.5. The molecule has 0 saturated carbocycles. The van der Waals surface area contributed by atoms with Gasteiger partial charge >= 0.3 is 0 Å². The third-order valence-electron chi connectivity index (χ3n) is 4.70. The molecule has 0 aliphatic carbocycles. The summed E-state index contributed by atoms with van der Waals surface area (Å²) >= 11 is 0. The summed E-state index contributed by atoms with van der Waals surface area (Å²) in [6, 6.07) is 16.5. The predicted octanol–water partition coefficient (Wildman–Crippen LogP) is 4.37. The molecule has 3 aromatic rings. The molecule has 0 aliphatic heterocycles. The van der Waals surface area contributed by atoms with Crippen molar-refractivity contribution in [1.29, 1.82) is 0 Å². The highest BCUT2D eigenvalue weighted by molar-refractivity contribution is 7.92. The van der Waals surface area contributed by atoms with E-state index in [1.54, 1.807) is 49.4 Å². The van der Waals surface area contributed by atoms with Crippen molar-refractivity contribution in [2.45, 2.75) is 18.7 Å². The Labute approximate surface area is 182 Å². The molecule has 0 unspecified atom stereocenters. The normalized spacial score (nSPS) is 11.0. The number of sulfonamides is 1. The zero-order valence-electron chi connectivity index (χ0n) is 17.7. The number of carbonyl (C=O) groups is 1. The summed E-state index contributed by atoms with van der Waals surface area (Å²) in [6.07, 6.45) is 0. The molecule has 162 valence electrons. The number of rotatable bonds is 7. The summed E-state index contributed by atoms with van der Waals surface area (Å²) in [5.41, 5.74) is 2.64. The molecular weight excluding hydrogens is 416 g/mol. The maximum atomic E-state index is 12.9. The average Bonchev–Trinajstić information content (AvgIpc) is 2.75. The quantitative estimate of drug-likeness (QED) is 0.569. The molecule has 0 bridgehead atoms. The summed E-state index contributed by atoms with van der Waals surface area (Å²) < 4.78 is 38.9. The molecule has 0 spiro atoms. The number of hydrogen-bond acceptors (Lipinski definition) is 5. The van der Waals surface area contributed by atoms with Gasteiger partial charge in [-0.15, -0.1) is 0 Å². The summed E-state index contributed by atoms with van der Waals surface area (Å²) in [4.78, 5) is 12.8. The Morgan fingerprint density at radius 3 is 2.23 bits per heavy atom. The smallest absolute Gasteiger partial charge is 0.262 e. The molecule has 0 atom stereocenters. The van der Waals surface area contributed by atoms with Crippen LogP contribution < -0.4 is 19.5 Å². The van der Waals surface area contributed by atoms with Crippen molar-refractivity contribution in [3.05, 3.63) is 77.4 Å². The Bertz CT molecular complexity index is 1210. The largest absolute Gasteiger partial charge is 0.497 e. The predicted molar refractivity (Wildman–Crippen MR) is 121 cm³/mol. The fourth-order valence-corrected chi connectivity index (χ4v) is 4.29. The lowest BCUT2D eigenvalue weighted by molar-refractivity contribution is 0.102. The second-order valence-electron chi connectivity index (χ2n) is 6.97. The number of aryl methyl sites for hydroxylation is 2. The fourth-order valence-electron chi connectivity index (χ4n) is 2.96. The van der Waals surface area contributed by atoms with Gasteiger partial charge in [-0.1, -0.05) is 23.8 Å². The maximum Gasteiger partial charge on any atom is 0.262 e. The van der Waals surface area contributed by atoms with E-state index in [1.165, 1.54) is 20.3 Å². The van der Waals surface area contributed by atoms with Crippen LogP contribution in [0.4, 0.5) is 11.4 Å². The monoisotopic (exact) mass is 440 g/mol. The molecule has 3 aromatic carbocycles. The summed E-state index contributed by atoms with van der Waals surface area (Å²) in [5.74, 6) is 0.546. The van der Waals surface area contributed by atoms with Gasteiger partial charge in [0.1, 0.15) is 11.5 Å². The first-order chi connectivity index (χ1) is 14.7. The third-order valence-corrected chi connectivity index (χ3v) is 6.22. The van der Waals surface area contributed by atoms with Crippen LogP contribution in [-0.2, 0) is 10.0 Å². The van der Waals surface area contributed by atoms with Crippen molar-refractivity contribution in [1.82, 2.24) is 0 Å². The van der Waals surface area contributed by atoms with Gasteiger partial charge in [-0.3, -0.25) is 9.52 Å². The molecule has 0 heterocycles. The molecule has 31 heavy (non-hydrogen) atoms. The Morgan fingerprint density at radius 2 is 1.58 bits per heavy atom. The molecule has 0 fully saturated rings.